The predicted molar refractivity (Wildman–Crippen MR) is 83.1 cm³/mol. The lowest BCUT2D eigenvalue weighted by molar-refractivity contribution is 0.0945. The molecule has 110 valence electrons. The van der Waals surface area contributed by atoms with Crippen LogP contribution in [0.5, 0.6) is 0 Å². The van der Waals surface area contributed by atoms with E-state index in [1.165, 1.54) is 11.8 Å². The summed E-state index contributed by atoms with van der Waals surface area (Å²) in [5, 5.41) is 5.97. The van der Waals surface area contributed by atoms with Crippen molar-refractivity contribution >= 4 is 11.7 Å². The molecule has 1 heterocycles. The molecule has 1 aromatic heterocycles. The molecule has 5 nitrogen and oxygen atoms in total. The molecule has 0 atom stereocenters. The van der Waals surface area contributed by atoms with Gasteiger partial charge in [-0.1, -0.05) is 29.8 Å². The first-order valence-electron chi connectivity index (χ1n) is 6.97. The standard InChI is InChI=1S/C16H20N4O/c1-11(2)20-15-10-17-14(9-18-15)16(21)19-8-13-6-4-5-12(3)7-13/h4-7,9-11H,8H2,1-3H3,(H,18,20)(H,19,21). The van der Waals surface area contributed by atoms with E-state index in [0.29, 0.717) is 18.1 Å². The molecule has 0 saturated carbocycles. The summed E-state index contributed by atoms with van der Waals surface area (Å²) in [5.41, 5.74) is 2.55. The number of aryl methyl sites for hydroxylation is 1. The largest absolute Gasteiger partial charge is 0.367 e. The molecule has 0 unspecified atom stereocenters. The van der Waals surface area contributed by atoms with Crippen LogP contribution in [0.15, 0.2) is 36.7 Å². The summed E-state index contributed by atoms with van der Waals surface area (Å²) in [7, 11) is 0. The van der Waals surface area contributed by atoms with E-state index in [0.717, 1.165) is 5.56 Å². The molecule has 0 aliphatic rings. The number of carbonyl (C=O) groups excluding carboxylic acids is 1. The Balaban J connectivity index is 1.94. The van der Waals surface area contributed by atoms with Gasteiger partial charge in [0.1, 0.15) is 11.5 Å². The molecule has 0 saturated heterocycles. The second-order valence-corrected chi connectivity index (χ2v) is 5.26. The van der Waals surface area contributed by atoms with E-state index >= 15 is 0 Å². The van der Waals surface area contributed by atoms with Crippen LogP contribution in [0.3, 0.4) is 0 Å². The molecule has 0 bridgehead atoms. The van der Waals surface area contributed by atoms with E-state index < -0.39 is 0 Å². The molecule has 1 aromatic carbocycles. The predicted octanol–water partition coefficient (Wildman–Crippen LogP) is 2.54. The van der Waals surface area contributed by atoms with Gasteiger partial charge in [-0.25, -0.2) is 9.97 Å². The molecule has 2 rings (SSSR count). The lowest BCUT2D eigenvalue weighted by Crippen LogP contribution is -2.24. The molecule has 2 aromatic rings. The molecule has 2 N–H and O–H groups in total. The minimum Gasteiger partial charge on any atom is -0.367 e. The van der Waals surface area contributed by atoms with E-state index in [1.54, 1.807) is 6.20 Å². The van der Waals surface area contributed by atoms with Crippen LogP contribution in [-0.2, 0) is 6.54 Å². The highest BCUT2D eigenvalue weighted by molar-refractivity contribution is 5.91. The lowest BCUT2D eigenvalue weighted by atomic mass is 10.1. The SMILES string of the molecule is Cc1cccc(CNC(=O)c2cnc(NC(C)C)cn2)c1. The summed E-state index contributed by atoms with van der Waals surface area (Å²) in [6, 6.07) is 8.30. The van der Waals surface area contributed by atoms with Crippen LogP contribution in [-0.4, -0.2) is 21.9 Å². The van der Waals surface area contributed by atoms with Gasteiger partial charge < -0.3 is 10.6 Å². The van der Waals surface area contributed by atoms with Gasteiger partial charge in [-0.15, -0.1) is 0 Å². The van der Waals surface area contributed by atoms with Crippen LogP contribution in [0.1, 0.15) is 35.5 Å². The van der Waals surface area contributed by atoms with Gasteiger partial charge in [0.15, 0.2) is 0 Å². The van der Waals surface area contributed by atoms with E-state index in [4.69, 9.17) is 0 Å². The lowest BCUT2D eigenvalue weighted by Gasteiger charge is -2.09. The van der Waals surface area contributed by atoms with Crippen molar-refractivity contribution in [3.63, 3.8) is 0 Å². The number of amides is 1. The number of nitrogens with zero attached hydrogens (tertiary/aromatic N) is 2. The van der Waals surface area contributed by atoms with Crippen molar-refractivity contribution in [1.82, 2.24) is 15.3 Å². The van der Waals surface area contributed by atoms with Gasteiger partial charge in [0.2, 0.25) is 0 Å². The molecule has 5 heteroatoms. The Hall–Kier alpha value is -2.43. The van der Waals surface area contributed by atoms with E-state index in [9.17, 15) is 4.79 Å². The number of aromatic nitrogens is 2. The Morgan fingerprint density at radius 3 is 2.67 bits per heavy atom. The zero-order chi connectivity index (χ0) is 15.2. The fourth-order valence-electron chi connectivity index (χ4n) is 1.91. The first-order valence-corrected chi connectivity index (χ1v) is 6.97. The minimum absolute atomic E-state index is 0.222. The normalized spacial score (nSPS) is 10.5. The van der Waals surface area contributed by atoms with E-state index in [2.05, 4.69) is 20.6 Å². The van der Waals surface area contributed by atoms with Crippen molar-refractivity contribution in [2.45, 2.75) is 33.4 Å². The fraction of sp³-hybridized carbons (Fsp3) is 0.312. The Labute approximate surface area is 124 Å². The second-order valence-electron chi connectivity index (χ2n) is 5.26. The van der Waals surface area contributed by atoms with Gasteiger partial charge >= 0.3 is 0 Å². The van der Waals surface area contributed by atoms with Crippen LogP contribution in [0.2, 0.25) is 0 Å². The van der Waals surface area contributed by atoms with Gasteiger partial charge in [0, 0.05) is 12.6 Å². The molecule has 0 fully saturated rings. The van der Waals surface area contributed by atoms with Crippen molar-refractivity contribution < 1.29 is 4.79 Å². The second kappa shape index (κ2) is 6.83. The number of hydrogen-bond donors (Lipinski definition) is 2. The monoisotopic (exact) mass is 284 g/mol. The van der Waals surface area contributed by atoms with Crippen LogP contribution in [0.25, 0.3) is 0 Å². The van der Waals surface area contributed by atoms with E-state index in [-0.39, 0.29) is 11.9 Å². The summed E-state index contributed by atoms with van der Waals surface area (Å²) in [5.74, 6) is 0.445. The van der Waals surface area contributed by atoms with Crippen molar-refractivity contribution in [1.29, 1.82) is 0 Å². The topological polar surface area (TPSA) is 66.9 Å². The number of anilines is 1. The van der Waals surface area contributed by atoms with Crippen molar-refractivity contribution in [3.05, 3.63) is 53.5 Å². The third-order valence-electron chi connectivity index (χ3n) is 2.86. The smallest absolute Gasteiger partial charge is 0.271 e. The molecule has 0 aliphatic heterocycles. The summed E-state index contributed by atoms with van der Waals surface area (Å²) >= 11 is 0. The van der Waals surface area contributed by atoms with Crippen LogP contribution < -0.4 is 10.6 Å². The molecule has 0 aliphatic carbocycles. The quantitative estimate of drug-likeness (QED) is 0.885. The first-order chi connectivity index (χ1) is 10.0. The summed E-state index contributed by atoms with van der Waals surface area (Å²) in [6.45, 7) is 6.54. The van der Waals surface area contributed by atoms with Crippen molar-refractivity contribution in [2.75, 3.05) is 5.32 Å². The van der Waals surface area contributed by atoms with E-state index in [1.807, 2.05) is 45.0 Å². The molecule has 0 spiro atoms. The summed E-state index contributed by atoms with van der Waals surface area (Å²) in [6.07, 6.45) is 3.05. The number of benzene rings is 1. The summed E-state index contributed by atoms with van der Waals surface area (Å²) in [4.78, 5) is 20.3. The highest BCUT2D eigenvalue weighted by Crippen LogP contribution is 2.05. The zero-order valence-electron chi connectivity index (χ0n) is 12.6. The highest BCUT2D eigenvalue weighted by Gasteiger charge is 2.08. The number of hydrogen-bond acceptors (Lipinski definition) is 4. The zero-order valence-corrected chi connectivity index (χ0v) is 12.6. The molecule has 0 radical (unpaired) electrons. The van der Waals surface area contributed by atoms with Crippen molar-refractivity contribution in [3.8, 4) is 0 Å². The summed E-state index contributed by atoms with van der Waals surface area (Å²) < 4.78 is 0. The molecule has 21 heavy (non-hydrogen) atoms. The third kappa shape index (κ3) is 4.56. The maximum Gasteiger partial charge on any atom is 0.271 e. The number of carbonyl (C=O) groups is 1. The van der Waals surface area contributed by atoms with Gasteiger partial charge in [0.05, 0.1) is 12.4 Å². The first kappa shape index (κ1) is 15.0. The minimum atomic E-state index is -0.222. The maximum atomic E-state index is 12.0. The Morgan fingerprint density at radius 2 is 2.05 bits per heavy atom. The average Bonchev–Trinajstić information content (AvgIpc) is 2.45. The highest BCUT2D eigenvalue weighted by atomic mass is 16.1. The Kier molecular flexibility index (Phi) is 4.87. The van der Waals surface area contributed by atoms with Crippen LogP contribution in [0, 0.1) is 6.92 Å². The van der Waals surface area contributed by atoms with Crippen LogP contribution in [0.4, 0.5) is 5.82 Å². The average molecular weight is 284 g/mol. The van der Waals surface area contributed by atoms with Gasteiger partial charge in [-0.05, 0) is 26.3 Å². The van der Waals surface area contributed by atoms with Crippen LogP contribution >= 0.6 is 0 Å². The van der Waals surface area contributed by atoms with Gasteiger partial charge in [-0.3, -0.25) is 4.79 Å². The number of rotatable bonds is 5. The number of nitrogens with one attached hydrogen (secondary N) is 2. The Morgan fingerprint density at radius 1 is 1.24 bits per heavy atom. The molecule has 1 amide bonds. The fourth-order valence-corrected chi connectivity index (χ4v) is 1.91. The van der Waals surface area contributed by atoms with Gasteiger partial charge in [-0.2, -0.15) is 0 Å². The van der Waals surface area contributed by atoms with Crippen molar-refractivity contribution in [2.24, 2.45) is 0 Å². The molecular formula is C16H20N4O. The maximum absolute atomic E-state index is 12.0. The third-order valence-corrected chi connectivity index (χ3v) is 2.86. The van der Waals surface area contributed by atoms with Gasteiger partial charge in [0.25, 0.3) is 5.91 Å². The molecular weight excluding hydrogens is 264 g/mol. The Bertz CT molecular complexity index is 608.